The Hall–Kier alpha value is -2.31. The van der Waals surface area contributed by atoms with Crippen LogP contribution in [0.1, 0.15) is 17.4 Å². The van der Waals surface area contributed by atoms with Gasteiger partial charge in [-0.2, -0.15) is 5.10 Å². The summed E-state index contributed by atoms with van der Waals surface area (Å²) >= 11 is 0. The number of methoxy groups -OCH3 is 1. The Labute approximate surface area is 134 Å². The Bertz CT molecular complexity index is 781. The summed E-state index contributed by atoms with van der Waals surface area (Å²) in [7, 11) is 1.69. The molecular weight excluding hydrogens is 292 g/mol. The van der Waals surface area contributed by atoms with Crippen molar-refractivity contribution >= 4 is 10.9 Å². The summed E-state index contributed by atoms with van der Waals surface area (Å²) in [4.78, 5) is 5.91. The van der Waals surface area contributed by atoms with Crippen LogP contribution in [-0.4, -0.2) is 46.9 Å². The molecule has 1 fully saturated rings. The molecule has 1 unspecified atom stereocenters. The molecule has 1 atom stereocenters. The minimum absolute atomic E-state index is 0.215. The smallest absolute Gasteiger partial charge is 0.119 e. The minimum atomic E-state index is 0.215. The molecule has 2 N–H and O–H groups in total. The van der Waals surface area contributed by atoms with Gasteiger partial charge in [0.1, 0.15) is 5.75 Å². The standard InChI is InChI=1S/C17H20N4O2/c1-22-14-2-3-15-12(9-14)8-13(19-15)10-21-6-7-23-11-17(21)16-4-5-18-20-16/h2-5,8-9,17,19H,6-7,10-11H2,1H3,(H,18,20). The summed E-state index contributed by atoms with van der Waals surface area (Å²) < 4.78 is 10.9. The van der Waals surface area contributed by atoms with Crippen molar-refractivity contribution in [1.29, 1.82) is 0 Å². The number of nitrogens with zero attached hydrogens (tertiary/aromatic N) is 2. The predicted molar refractivity (Wildman–Crippen MR) is 87.4 cm³/mol. The van der Waals surface area contributed by atoms with Crippen LogP contribution in [0.2, 0.25) is 0 Å². The summed E-state index contributed by atoms with van der Waals surface area (Å²) in [5.74, 6) is 0.879. The number of aromatic amines is 2. The topological polar surface area (TPSA) is 66.2 Å². The minimum Gasteiger partial charge on any atom is -0.497 e. The first-order valence-corrected chi connectivity index (χ1v) is 7.80. The van der Waals surface area contributed by atoms with Crippen LogP contribution < -0.4 is 4.74 Å². The summed E-state index contributed by atoms with van der Waals surface area (Å²) in [6.45, 7) is 3.21. The van der Waals surface area contributed by atoms with Crippen LogP contribution >= 0.6 is 0 Å². The number of benzene rings is 1. The van der Waals surface area contributed by atoms with E-state index in [1.165, 1.54) is 11.1 Å². The van der Waals surface area contributed by atoms with Crippen molar-refractivity contribution in [2.45, 2.75) is 12.6 Å². The predicted octanol–water partition coefficient (Wildman–Crippen LogP) is 2.47. The number of hydrogen-bond donors (Lipinski definition) is 2. The van der Waals surface area contributed by atoms with E-state index in [4.69, 9.17) is 9.47 Å². The molecule has 0 aliphatic carbocycles. The van der Waals surface area contributed by atoms with Gasteiger partial charge in [0.25, 0.3) is 0 Å². The number of ether oxygens (including phenoxy) is 2. The average molecular weight is 312 g/mol. The van der Waals surface area contributed by atoms with E-state index in [9.17, 15) is 0 Å². The lowest BCUT2D eigenvalue weighted by Gasteiger charge is -2.34. The summed E-state index contributed by atoms with van der Waals surface area (Å²) in [6.07, 6.45) is 1.79. The Morgan fingerprint density at radius 3 is 3.13 bits per heavy atom. The highest BCUT2D eigenvalue weighted by atomic mass is 16.5. The molecule has 0 spiro atoms. The Kier molecular flexibility index (Phi) is 3.77. The number of aromatic nitrogens is 3. The van der Waals surface area contributed by atoms with Gasteiger partial charge in [0.2, 0.25) is 0 Å². The highest BCUT2D eigenvalue weighted by Crippen LogP contribution is 2.26. The first-order valence-electron chi connectivity index (χ1n) is 7.80. The van der Waals surface area contributed by atoms with Gasteiger partial charge in [-0.05, 0) is 30.3 Å². The lowest BCUT2D eigenvalue weighted by molar-refractivity contribution is -0.0147. The zero-order valence-corrected chi connectivity index (χ0v) is 13.1. The maximum atomic E-state index is 5.65. The van der Waals surface area contributed by atoms with Crippen molar-refractivity contribution in [2.24, 2.45) is 0 Å². The lowest BCUT2D eigenvalue weighted by Crippen LogP contribution is -2.39. The van der Waals surface area contributed by atoms with Gasteiger partial charge >= 0.3 is 0 Å². The van der Waals surface area contributed by atoms with Crippen molar-refractivity contribution in [3.05, 3.63) is 47.9 Å². The van der Waals surface area contributed by atoms with E-state index in [1.807, 2.05) is 12.1 Å². The molecule has 6 heteroatoms. The van der Waals surface area contributed by atoms with Crippen LogP contribution in [0, 0.1) is 0 Å². The van der Waals surface area contributed by atoms with Gasteiger partial charge in [0, 0.05) is 35.9 Å². The zero-order chi connectivity index (χ0) is 15.6. The van der Waals surface area contributed by atoms with Crippen LogP contribution in [0.4, 0.5) is 0 Å². The number of H-pyrrole nitrogens is 2. The third-order valence-electron chi connectivity index (χ3n) is 4.38. The van der Waals surface area contributed by atoms with E-state index in [0.29, 0.717) is 6.61 Å². The van der Waals surface area contributed by atoms with Crippen LogP contribution in [0.15, 0.2) is 36.5 Å². The molecule has 0 amide bonds. The molecule has 1 aliphatic rings. The van der Waals surface area contributed by atoms with Gasteiger partial charge in [0.05, 0.1) is 32.1 Å². The Morgan fingerprint density at radius 2 is 2.30 bits per heavy atom. The van der Waals surface area contributed by atoms with Crippen LogP contribution in [0.25, 0.3) is 10.9 Å². The van der Waals surface area contributed by atoms with Crippen molar-refractivity contribution in [3.63, 3.8) is 0 Å². The van der Waals surface area contributed by atoms with Crippen molar-refractivity contribution in [3.8, 4) is 5.75 Å². The average Bonchev–Trinajstić information content (AvgIpc) is 3.23. The maximum absolute atomic E-state index is 5.65. The van der Waals surface area contributed by atoms with Gasteiger partial charge in [-0.25, -0.2) is 0 Å². The zero-order valence-electron chi connectivity index (χ0n) is 13.1. The SMILES string of the molecule is COc1ccc2[nH]c(CN3CCOCC3c3ccn[nH]3)cc2c1. The van der Waals surface area contributed by atoms with Gasteiger partial charge in [-0.15, -0.1) is 0 Å². The van der Waals surface area contributed by atoms with E-state index in [1.54, 1.807) is 13.3 Å². The van der Waals surface area contributed by atoms with E-state index < -0.39 is 0 Å². The lowest BCUT2D eigenvalue weighted by atomic mass is 10.1. The van der Waals surface area contributed by atoms with E-state index in [0.717, 1.165) is 36.7 Å². The van der Waals surface area contributed by atoms with Crippen LogP contribution in [0.5, 0.6) is 5.75 Å². The highest BCUT2D eigenvalue weighted by molar-refractivity contribution is 5.81. The molecule has 3 heterocycles. The molecule has 2 aromatic heterocycles. The number of fused-ring (bicyclic) bond motifs is 1. The largest absolute Gasteiger partial charge is 0.497 e. The van der Waals surface area contributed by atoms with E-state index >= 15 is 0 Å². The second kappa shape index (κ2) is 6.06. The monoisotopic (exact) mass is 312 g/mol. The molecular formula is C17H20N4O2. The molecule has 1 aromatic carbocycles. The van der Waals surface area contributed by atoms with Crippen LogP contribution in [0.3, 0.4) is 0 Å². The van der Waals surface area contributed by atoms with Gasteiger partial charge < -0.3 is 14.5 Å². The van der Waals surface area contributed by atoms with Gasteiger partial charge in [-0.3, -0.25) is 10.00 Å². The number of hydrogen-bond acceptors (Lipinski definition) is 4. The quantitative estimate of drug-likeness (QED) is 0.777. The molecule has 1 saturated heterocycles. The second-order valence-corrected chi connectivity index (χ2v) is 5.82. The maximum Gasteiger partial charge on any atom is 0.119 e. The number of rotatable bonds is 4. The Balaban J connectivity index is 1.58. The third kappa shape index (κ3) is 2.83. The molecule has 120 valence electrons. The molecule has 0 saturated carbocycles. The van der Waals surface area contributed by atoms with Crippen molar-refractivity contribution in [1.82, 2.24) is 20.1 Å². The molecule has 1 aliphatic heterocycles. The molecule has 0 radical (unpaired) electrons. The molecule has 23 heavy (non-hydrogen) atoms. The molecule has 0 bridgehead atoms. The van der Waals surface area contributed by atoms with Gasteiger partial charge in [0.15, 0.2) is 0 Å². The fourth-order valence-electron chi connectivity index (χ4n) is 3.17. The number of nitrogens with one attached hydrogen (secondary N) is 2. The first-order chi connectivity index (χ1) is 11.3. The summed E-state index contributed by atoms with van der Waals surface area (Å²) in [5.41, 5.74) is 3.43. The fraction of sp³-hybridized carbons (Fsp3) is 0.353. The first kappa shape index (κ1) is 14.3. The normalized spacial score (nSPS) is 19.3. The second-order valence-electron chi connectivity index (χ2n) is 5.82. The fourth-order valence-corrected chi connectivity index (χ4v) is 3.17. The van der Waals surface area contributed by atoms with Crippen LogP contribution in [-0.2, 0) is 11.3 Å². The molecule has 4 rings (SSSR count). The summed E-state index contributed by atoms with van der Waals surface area (Å²) in [6, 6.07) is 10.5. The van der Waals surface area contributed by atoms with Crippen molar-refractivity contribution < 1.29 is 9.47 Å². The Morgan fingerprint density at radius 1 is 1.35 bits per heavy atom. The number of morpholine rings is 1. The van der Waals surface area contributed by atoms with Crippen molar-refractivity contribution in [2.75, 3.05) is 26.9 Å². The summed E-state index contributed by atoms with van der Waals surface area (Å²) in [5, 5.41) is 8.30. The highest BCUT2D eigenvalue weighted by Gasteiger charge is 2.26. The van der Waals surface area contributed by atoms with Gasteiger partial charge in [-0.1, -0.05) is 0 Å². The van der Waals surface area contributed by atoms with E-state index in [2.05, 4.69) is 38.3 Å². The van der Waals surface area contributed by atoms with E-state index in [-0.39, 0.29) is 6.04 Å². The molecule has 6 nitrogen and oxygen atoms in total. The molecule has 3 aromatic rings. The third-order valence-corrected chi connectivity index (χ3v) is 4.38.